The zero-order valence-corrected chi connectivity index (χ0v) is 49.3. The van der Waals surface area contributed by atoms with Gasteiger partial charge in [0.15, 0.2) is 17.9 Å². The first-order valence-electron chi connectivity index (χ1n) is 28.1. The Hall–Kier alpha value is -8.41. The second-order valence-electron chi connectivity index (χ2n) is 21.9. The summed E-state index contributed by atoms with van der Waals surface area (Å²) >= 11 is 1.12. The van der Waals surface area contributed by atoms with Crippen molar-refractivity contribution in [3.8, 4) is 11.5 Å². The molecule has 2 saturated heterocycles. The number of carbonyl (C=O) groups excluding carboxylic acids is 10. The van der Waals surface area contributed by atoms with Crippen molar-refractivity contribution in [1.29, 1.82) is 0 Å². The molecule has 0 spiro atoms. The van der Waals surface area contributed by atoms with Gasteiger partial charge in [-0.2, -0.15) is 11.8 Å². The first kappa shape index (κ1) is 66.1. The molecule has 9 amide bonds. The number of phenols is 2. The summed E-state index contributed by atoms with van der Waals surface area (Å²) in [6, 6.07) is 7.93. The number of primary amides is 1. The molecule has 27 nitrogen and oxygen atoms in total. The number of nitrogens with one attached hydrogen (secondary N) is 5. The number of alkyl carbamates (subject to hydrolysis) is 1. The molecule has 1 unspecified atom stereocenters. The second kappa shape index (κ2) is 28.9. The number of phenolic OH excluding ortho intramolecular Hbond substituents is 2. The molecule has 3 aromatic rings. The van der Waals surface area contributed by atoms with Crippen LogP contribution in [0, 0.1) is 5.92 Å². The maximum Gasteiger partial charge on any atom is 0.407 e. The van der Waals surface area contributed by atoms with E-state index in [9.17, 15) is 73.5 Å². The normalized spacial score (nSPS) is 21.6. The number of hydrogen-bond acceptors (Lipinski definition) is 19. The Kier molecular flexibility index (Phi) is 21.9. The minimum absolute atomic E-state index is 0.00574. The van der Waals surface area contributed by atoms with Crippen molar-refractivity contribution >= 4 is 76.6 Å². The van der Waals surface area contributed by atoms with Gasteiger partial charge in [0.05, 0.1) is 66.8 Å². The smallest absolute Gasteiger partial charge is 0.407 e. The number of rotatable bonds is 23. The molecule has 2 fully saturated rings. The summed E-state index contributed by atoms with van der Waals surface area (Å²) in [6.07, 6.45) is -5.97. The third kappa shape index (κ3) is 15.8. The molecule has 0 saturated carbocycles. The van der Waals surface area contributed by atoms with E-state index in [0.717, 1.165) is 23.9 Å². The van der Waals surface area contributed by atoms with E-state index in [1.165, 1.54) is 52.8 Å². The van der Waals surface area contributed by atoms with E-state index in [1.54, 1.807) is 38.1 Å². The van der Waals surface area contributed by atoms with Crippen molar-refractivity contribution in [2.75, 3.05) is 43.4 Å². The van der Waals surface area contributed by atoms with E-state index in [-0.39, 0.29) is 111 Å². The number of amides is 9. The summed E-state index contributed by atoms with van der Waals surface area (Å²) < 4.78 is 17.8. The highest BCUT2D eigenvalue weighted by Crippen LogP contribution is 2.52. The number of ketones is 2. The maximum atomic E-state index is 13.8. The Morgan fingerprint density at radius 1 is 0.874 bits per heavy atom. The van der Waals surface area contributed by atoms with Crippen molar-refractivity contribution in [3.63, 3.8) is 0 Å². The highest BCUT2D eigenvalue weighted by atomic mass is 32.2. The minimum atomic E-state index is -1.97. The van der Waals surface area contributed by atoms with Crippen LogP contribution >= 0.6 is 11.8 Å². The lowest BCUT2D eigenvalue weighted by Gasteiger charge is -2.44. The lowest BCUT2D eigenvalue weighted by molar-refractivity contribution is -0.252. The summed E-state index contributed by atoms with van der Waals surface area (Å²) in [6.45, 7) is 12.8. The van der Waals surface area contributed by atoms with Gasteiger partial charge in [-0.05, 0) is 62.5 Å². The number of aromatic hydroxyl groups is 2. The number of carbonyl (C=O) groups is 10. The summed E-state index contributed by atoms with van der Waals surface area (Å²) in [5.74, 6) is -6.35. The predicted octanol–water partition coefficient (Wildman–Crippen LogP) is 1.66. The standard InChI is InChI=1S/C59H73N9O18S/c1-7-42(71)66-27-67(43(72)8-2)29-68(28-66)44(73)19-21-87-26-41(70)65-49(30(3)4)56(80)63-38(14-11-20-61-57(60)81)55(79)62-34-17-15-33(16-18-34)25-84-58(82)64-39-22-45(85-31(5)50(39)74)86-40-24-59(83,32(6)69)23-37-46(40)54(78)48-47(53(37)77)51(75)35-12-9-10-13-36(35)52(48)76/h7-10,12-13,15-18,30-32,38-40,45,49-50,69,74,77-78,83H,1-2,11,14,19-29H2,3-6H3,(H,62,79)(H,63,80)(H,64,82)(H,65,70)(H3,60,61,81)/t31-,32?,38-,39-,40-,45-,49-,50+,59-/m0/s1. The van der Waals surface area contributed by atoms with E-state index in [1.807, 2.05) is 0 Å². The van der Waals surface area contributed by atoms with Gasteiger partial charge in [-0.15, -0.1) is 0 Å². The number of nitrogens with zero attached hydrogens (tertiary/aromatic N) is 3. The molecule has 0 bridgehead atoms. The lowest BCUT2D eigenvalue weighted by Crippen LogP contribution is -2.59. The zero-order chi connectivity index (χ0) is 63.6. The topological polar surface area (TPSA) is 395 Å². The van der Waals surface area contributed by atoms with E-state index in [0.29, 0.717) is 5.56 Å². The van der Waals surface area contributed by atoms with E-state index in [4.69, 9.17) is 19.9 Å². The molecule has 28 heteroatoms. The molecule has 468 valence electrons. The fraction of sp³-hybridized carbons (Fsp3) is 0.458. The Morgan fingerprint density at radius 3 is 2.07 bits per heavy atom. The van der Waals surface area contributed by atoms with Crippen LogP contribution in [0.15, 0.2) is 73.8 Å². The van der Waals surface area contributed by atoms with Gasteiger partial charge < -0.3 is 86.8 Å². The van der Waals surface area contributed by atoms with Crippen LogP contribution in [0.1, 0.15) is 114 Å². The van der Waals surface area contributed by atoms with Crippen LogP contribution in [0.5, 0.6) is 11.5 Å². The minimum Gasteiger partial charge on any atom is -0.507 e. The summed E-state index contributed by atoms with van der Waals surface area (Å²) in [7, 11) is 0. The summed E-state index contributed by atoms with van der Waals surface area (Å²) in [4.78, 5) is 135. The number of thioether (sulfide) groups is 1. The van der Waals surface area contributed by atoms with Gasteiger partial charge in [-0.1, -0.05) is 63.4 Å². The molecule has 4 aliphatic rings. The highest BCUT2D eigenvalue weighted by Gasteiger charge is 2.49. The SMILES string of the molecule is C=CC(=O)N1CN(C(=O)C=C)CN(C(=O)CCSCC(=O)N[C@H](C(=O)N[C@@H](CCCNC(N)=O)C(=O)Nc2ccc(COC(=O)N[C@H]3C[C@H](O[C@H]4C[C@](O)(C(C)O)Cc5c(O)c6c(c(O)c54)C(=O)c4ccccc4C6=O)O[C@@H](C)[C@H]3O)cc2)C(C)C)C1. The van der Waals surface area contributed by atoms with Crippen LogP contribution in [0.25, 0.3) is 0 Å². The van der Waals surface area contributed by atoms with Crippen molar-refractivity contribution in [1.82, 2.24) is 36.0 Å². The Bertz CT molecular complexity index is 3150. The number of hydrogen-bond donors (Lipinski definition) is 11. The van der Waals surface area contributed by atoms with Gasteiger partial charge in [0.25, 0.3) is 0 Å². The summed E-state index contributed by atoms with van der Waals surface area (Å²) in [5.41, 5.74) is 2.86. The average molecular weight is 1230 g/mol. The van der Waals surface area contributed by atoms with E-state index in [2.05, 4.69) is 39.7 Å². The molecular formula is C59H73N9O18S. The molecule has 2 aliphatic heterocycles. The van der Waals surface area contributed by atoms with Crippen molar-refractivity contribution in [3.05, 3.63) is 113 Å². The molecule has 2 aliphatic carbocycles. The number of aliphatic hydroxyl groups excluding tert-OH is 2. The monoisotopic (exact) mass is 1230 g/mol. The number of fused-ring (bicyclic) bond motifs is 3. The molecule has 2 heterocycles. The quantitative estimate of drug-likeness (QED) is 0.0286. The van der Waals surface area contributed by atoms with Crippen LogP contribution in [0.4, 0.5) is 15.3 Å². The van der Waals surface area contributed by atoms with Crippen LogP contribution < -0.4 is 32.3 Å². The molecule has 3 aromatic carbocycles. The number of anilines is 1. The number of ether oxygens (including phenoxy) is 3. The first-order valence-corrected chi connectivity index (χ1v) is 29.2. The fourth-order valence-corrected chi connectivity index (χ4v) is 11.3. The van der Waals surface area contributed by atoms with Gasteiger partial charge >= 0.3 is 12.1 Å². The van der Waals surface area contributed by atoms with Crippen LogP contribution in [0.3, 0.4) is 0 Å². The van der Waals surface area contributed by atoms with Crippen LogP contribution in [-0.4, -0.2) is 186 Å². The van der Waals surface area contributed by atoms with Crippen molar-refractivity contribution in [2.45, 2.75) is 127 Å². The number of aliphatic hydroxyl groups is 3. The molecule has 7 rings (SSSR count). The third-order valence-corrected chi connectivity index (χ3v) is 16.4. The molecular weight excluding hydrogens is 1150 g/mol. The maximum absolute atomic E-state index is 13.8. The van der Waals surface area contributed by atoms with Crippen LogP contribution in [0.2, 0.25) is 0 Å². The molecule has 87 heavy (non-hydrogen) atoms. The molecule has 12 N–H and O–H groups in total. The number of nitrogens with two attached hydrogens (primary N) is 1. The molecule has 0 radical (unpaired) electrons. The first-order chi connectivity index (χ1) is 41.2. The van der Waals surface area contributed by atoms with Gasteiger partial charge in [0.2, 0.25) is 35.4 Å². The predicted molar refractivity (Wildman–Crippen MR) is 312 cm³/mol. The largest absolute Gasteiger partial charge is 0.507 e. The second-order valence-corrected chi connectivity index (χ2v) is 23.1. The fourth-order valence-electron chi connectivity index (χ4n) is 10.6. The van der Waals surface area contributed by atoms with Gasteiger partial charge in [-0.25, -0.2) is 9.59 Å². The van der Waals surface area contributed by atoms with Crippen molar-refractivity contribution < 1.29 is 87.7 Å². The van der Waals surface area contributed by atoms with Crippen molar-refractivity contribution in [2.24, 2.45) is 11.7 Å². The third-order valence-electron chi connectivity index (χ3n) is 15.4. The number of benzene rings is 3. The van der Waals surface area contributed by atoms with Crippen LogP contribution in [-0.2, 0) is 56.0 Å². The Morgan fingerprint density at radius 2 is 1.48 bits per heavy atom. The van der Waals surface area contributed by atoms with Gasteiger partial charge in [0, 0.05) is 65.9 Å². The average Bonchev–Trinajstić information content (AvgIpc) is 0.771. The number of urea groups is 1. The highest BCUT2D eigenvalue weighted by molar-refractivity contribution is 7.99. The van der Waals surface area contributed by atoms with Gasteiger partial charge in [0.1, 0.15) is 36.3 Å². The zero-order valence-electron chi connectivity index (χ0n) is 48.4. The molecule has 9 atom stereocenters. The van der Waals surface area contributed by atoms with E-state index < -0.39 is 143 Å². The van der Waals surface area contributed by atoms with E-state index >= 15 is 0 Å². The Balaban J connectivity index is 0.924. The molecule has 0 aromatic heterocycles. The van der Waals surface area contributed by atoms with Gasteiger partial charge in [-0.3, -0.25) is 38.4 Å². The Labute approximate surface area is 505 Å². The summed E-state index contributed by atoms with van der Waals surface area (Å²) in [5, 5.41) is 70.2. The lowest BCUT2D eigenvalue weighted by atomic mass is 9.71.